The van der Waals surface area contributed by atoms with Gasteiger partial charge in [-0.1, -0.05) is 0 Å². The van der Waals surface area contributed by atoms with Crippen LogP contribution in [0.1, 0.15) is 46.4 Å². The van der Waals surface area contributed by atoms with E-state index in [1.165, 1.54) is 6.20 Å². The fourth-order valence-corrected chi connectivity index (χ4v) is 3.77. The monoisotopic (exact) mass is 349 g/mol. The van der Waals surface area contributed by atoms with Crippen molar-refractivity contribution in [3.63, 3.8) is 0 Å². The second-order valence-electron chi connectivity index (χ2n) is 6.78. The molecular weight excluding hydrogens is 328 g/mol. The average molecular weight is 349 g/mol. The molecule has 134 valence electrons. The Hall–Kier alpha value is -2.11. The van der Waals surface area contributed by atoms with Crippen LogP contribution in [0.2, 0.25) is 0 Å². The summed E-state index contributed by atoms with van der Waals surface area (Å²) in [5, 5.41) is 12.0. The van der Waals surface area contributed by atoms with Crippen molar-refractivity contribution in [2.24, 2.45) is 5.92 Å². The van der Waals surface area contributed by atoms with Gasteiger partial charge in [0.25, 0.3) is 12.3 Å². The highest BCUT2D eigenvalue weighted by molar-refractivity contribution is 5.94. The zero-order valence-corrected chi connectivity index (χ0v) is 14.1. The molecule has 2 aliphatic rings. The first-order valence-corrected chi connectivity index (χ1v) is 8.38. The van der Waals surface area contributed by atoms with E-state index in [-0.39, 0.29) is 29.6 Å². The van der Waals surface area contributed by atoms with Crippen LogP contribution in [-0.4, -0.2) is 35.4 Å². The van der Waals surface area contributed by atoms with E-state index in [0.717, 1.165) is 18.4 Å². The molecule has 25 heavy (non-hydrogen) atoms. The summed E-state index contributed by atoms with van der Waals surface area (Å²) in [6, 6.07) is 1.02. The summed E-state index contributed by atoms with van der Waals surface area (Å²) in [5.74, 6) is -0.531. The lowest BCUT2D eigenvalue weighted by Crippen LogP contribution is -2.46. The molecule has 4 unspecified atom stereocenters. The molecule has 1 aliphatic carbocycles. The van der Waals surface area contributed by atoms with Gasteiger partial charge >= 0.3 is 0 Å². The third kappa shape index (κ3) is 3.34. The van der Waals surface area contributed by atoms with Gasteiger partial charge < -0.3 is 5.32 Å². The molecule has 0 bridgehead atoms. The van der Waals surface area contributed by atoms with E-state index in [1.807, 2.05) is 6.07 Å². The summed E-state index contributed by atoms with van der Waals surface area (Å²) in [5.41, 5.74) is 7.74. The summed E-state index contributed by atoms with van der Waals surface area (Å²) >= 11 is 0. The zero-order valence-electron chi connectivity index (χ0n) is 14.1. The molecule has 3 N–H and O–H groups in total. The molecular formula is C17H21F2N5O. The van der Waals surface area contributed by atoms with E-state index in [9.17, 15) is 13.6 Å². The molecule has 6 nitrogen and oxygen atoms in total. The van der Waals surface area contributed by atoms with E-state index in [1.54, 1.807) is 13.8 Å². The van der Waals surface area contributed by atoms with Gasteiger partial charge in [0, 0.05) is 18.3 Å². The Kier molecular flexibility index (Phi) is 4.97. The van der Waals surface area contributed by atoms with Gasteiger partial charge in [-0.3, -0.25) is 10.2 Å². The number of carbonyl (C=O) groups is 1. The van der Waals surface area contributed by atoms with Crippen LogP contribution in [0.3, 0.4) is 0 Å². The van der Waals surface area contributed by atoms with Crippen molar-refractivity contribution >= 4 is 5.91 Å². The number of pyridine rings is 1. The van der Waals surface area contributed by atoms with E-state index >= 15 is 0 Å². The lowest BCUT2D eigenvalue weighted by Gasteiger charge is -2.33. The van der Waals surface area contributed by atoms with Crippen LogP contribution < -0.4 is 16.2 Å². The molecule has 3 rings (SSSR count). The molecule has 0 radical (unpaired) electrons. The maximum absolute atomic E-state index is 13.1. The smallest absolute Gasteiger partial charge is 0.270 e. The predicted molar refractivity (Wildman–Crippen MR) is 86.9 cm³/mol. The van der Waals surface area contributed by atoms with Crippen LogP contribution in [0.15, 0.2) is 6.20 Å². The van der Waals surface area contributed by atoms with Crippen molar-refractivity contribution in [3.8, 4) is 6.07 Å². The normalized spacial score (nSPS) is 28.5. The largest absolute Gasteiger partial charge is 0.348 e. The first-order chi connectivity index (χ1) is 11.9. The van der Waals surface area contributed by atoms with Gasteiger partial charge in [-0.2, -0.15) is 5.26 Å². The van der Waals surface area contributed by atoms with E-state index in [2.05, 4.69) is 21.2 Å². The number of halogens is 2. The Morgan fingerprint density at radius 1 is 1.36 bits per heavy atom. The summed E-state index contributed by atoms with van der Waals surface area (Å²) in [6.07, 6.45) is 0.907. The molecule has 0 spiro atoms. The number of amides is 1. The van der Waals surface area contributed by atoms with Crippen LogP contribution in [-0.2, 0) is 0 Å². The Balaban J connectivity index is 1.70. The minimum atomic E-state index is -2.44. The lowest BCUT2D eigenvalue weighted by atomic mass is 9.79. The molecule has 4 atom stereocenters. The Labute approximate surface area is 145 Å². The van der Waals surface area contributed by atoms with Gasteiger partial charge in [-0.25, -0.2) is 19.2 Å². The zero-order chi connectivity index (χ0) is 18.1. The summed E-state index contributed by atoms with van der Waals surface area (Å²) in [6.45, 7) is 3.53. The van der Waals surface area contributed by atoms with E-state index < -0.39 is 12.5 Å². The van der Waals surface area contributed by atoms with Crippen molar-refractivity contribution in [2.45, 2.75) is 57.7 Å². The van der Waals surface area contributed by atoms with Crippen molar-refractivity contribution in [2.75, 3.05) is 0 Å². The molecule has 1 amide bonds. The Morgan fingerprint density at radius 2 is 2.12 bits per heavy atom. The molecule has 1 saturated carbocycles. The second kappa shape index (κ2) is 7.02. The third-order valence-electron chi connectivity index (χ3n) is 5.38. The average Bonchev–Trinajstić information content (AvgIpc) is 3.00. The van der Waals surface area contributed by atoms with Crippen molar-refractivity contribution in [1.82, 2.24) is 21.2 Å². The number of hydrazine groups is 1. The summed E-state index contributed by atoms with van der Waals surface area (Å²) < 4.78 is 26.2. The van der Waals surface area contributed by atoms with Crippen LogP contribution in [0.5, 0.6) is 0 Å². The van der Waals surface area contributed by atoms with Crippen molar-refractivity contribution < 1.29 is 13.6 Å². The van der Waals surface area contributed by atoms with Crippen molar-refractivity contribution in [1.29, 1.82) is 5.26 Å². The van der Waals surface area contributed by atoms with Crippen LogP contribution in [0.25, 0.3) is 0 Å². The minimum Gasteiger partial charge on any atom is -0.348 e. The van der Waals surface area contributed by atoms with Gasteiger partial charge in [-0.15, -0.1) is 0 Å². The number of hydrogen-bond donors (Lipinski definition) is 3. The topological polar surface area (TPSA) is 89.8 Å². The number of nitriles is 1. The first kappa shape index (κ1) is 17.7. The quantitative estimate of drug-likeness (QED) is 0.771. The molecule has 2 heterocycles. The van der Waals surface area contributed by atoms with Gasteiger partial charge in [0.15, 0.2) is 0 Å². The third-order valence-corrected chi connectivity index (χ3v) is 5.38. The molecule has 8 heteroatoms. The lowest BCUT2D eigenvalue weighted by molar-refractivity contribution is 0.0723. The molecule has 0 aromatic carbocycles. The number of carbonyl (C=O) groups excluding carboxylic acids is 1. The highest BCUT2D eigenvalue weighted by Crippen LogP contribution is 2.33. The number of fused-ring (bicyclic) bond motifs is 1. The maximum Gasteiger partial charge on any atom is 0.270 e. The first-order valence-electron chi connectivity index (χ1n) is 8.38. The fourth-order valence-electron chi connectivity index (χ4n) is 3.77. The number of alkyl halides is 2. The molecule has 2 fully saturated rings. The molecule has 1 saturated heterocycles. The number of nitrogens with one attached hydrogen (secondary N) is 3. The molecule has 1 aromatic rings. The van der Waals surface area contributed by atoms with Gasteiger partial charge in [0.1, 0.15) is 11.8 Å². The number of hydrogen-bond acceptors (Lipinski definition) is 5. The molecule has 1 aromatic heterocycles. The Morgan fingerprint density at radius 3 is 2.80 bits per heavy atom. The van der Waals surface area contributed by atoms with Crippen LogP contribution in [0.4, 0.5) is 8.78 Å². The highest BCUT2D eigenvalue weighted by Gasteiger charge is 2.44. The standard InChI is InChI=1S/C17H21F2N5O/c1-8-9(2)14(21-7-10(8)6-20)17(25)22-11-3-4-13-12(5-11)15(16(18)19)24-23-13/h7,11-13,15-16,23-24H,3-5H2,1-2H3,(H,22,25). The van der Waals surface area contributed by atoms with Gasteiger partial charge in [-0.05, 0) is 50.2 Å². The second-order valence-corrected chi connectivity index (χ2v) is 6.78. The highest BCUT2D eigenvalue weighted by atomic mass is 19.3. The maximum atomic E-state index is 13.1. The number of aromatic nitrogens is 1. The Bertz CT molecular complexity index is 718. The van der Waals surface area contributed by atoms with Gasteiger partial charge in [0.05, 0.1) is 11.6 Å². The van der Waals surface area contributed by atoms with Crippen LogP contribution in [0, 0.1) is 31.1 Å². The van der Waals surface area contributed by atoms with Crippen molar-refractivity contribution in [3.05, 3.63) is 28.6 Å². The minimum absolute atomic E-state index is 0.0177. The van der Waals surface area contributed by atoms with E-state index in [4.69, 9.17) is 5.26 Å². The predicted octanol–water partition coefficient (Wildman–Crippen LogP) is 1.58. The SMILES string of the molecule is Cc1c(C#N)cnc(C(=O)NC2CCC3NNC(C(F)F)C3C2)c1C. The van der Waals surface area contributed by atoms with Crippen LogP contribution >= 0.6 is 0 Å². The summed E-state index contributed by atoms with van der Waals surface area (Å²) in [7, 11) is 0. The molecule has 1 aliphatic heterocycles. The van der Waals surface area contributed by atoms with Gasteiger partial charge in [0.2, 0.25) is 0 Å². The van der Waals surface area contributed by atoms with E-state index in [0.29, 0.717) is 17.5 Å². The number of rotatable bonds is 3. The summed E-state index contributed by atoms with van der Waals surface area (Å²) in [4.78, 5) is 16.7. The number of nitrogens with zero attached hydrogens (tertiary/aromatic N) is 2. The fraction of sp³-hybridized carbons (Fsp3) is 0.588.